The molecule has 1 fully saturated rings. The Kier molecular flexibility index (Phi) is 5.89. The maximum absolute atomic E-state index is 5.81. The number of aromatic nitrogens is 5. The van der Waals surface area contributed by atoms with Crippen molar-refractivity contribution in [2.24, 2.45) is 0 Å². The van der Waals surface area contributed by atoms with Crippen molar-refractivity contribution in [2.75, 3.05) is 42.3 Å². The minimum absolute atomic E-state index is 0.216. The number of benzene rings is 1. The quantitative estimate of drug-likeness (QED) is 0.459. The number of hydrogen-bond donors (Lipinski definition) is 2. The minimum Gasteiger partial charge on any atom is -0.456 e. The highest BCUT2D eigenvalue weighted by Gasteiger charge is 2.17. The lowest BCUT2D eigenvalue weighted by Crippen LogP contribution is -2.37. The fraction of sp³-hybridized carbons (Fsp3) is 0.174. The summed E-state index contributed by atoms with van der Waals surface area (Å²) in [5.74, 6) is 2.88. The normalized spacial score (nSPS) is 13.5. The van der Waals surface area contributed by atoms with Crippen molar-refractivity contribution in [1.29, 1.82) is 0 Å². The molecule has 0 atom stereocenters. The summed E-state index contributed by atoms with van der Waals surface area (Å²) in [6, 6.07) is 13.2. The highest BCUT2D eigenvalue weighted by molar-refractivity contribution is 5.67. The SMILES string of the molecule is Nc1ncc(-c2cc(Nc3ccc(Oc4cccnc4)cc3)nc(N3CCOCC3)n2)cn1. The van der Waals surface area contributed by atoms with Crippen LogP contribution in [-0.2, 0) is 4.74 Å². The van der Waals surface area contributed by atoms with Gasteiger partial charge in [0.05, 0.1) is 25.1 Å². The second-order valence-electron chi connectivity index (χ2n) is 7.31. The van der Waals surface area contributed by atoms with Gasteiger partial charge in [0, 0.05) is 49.0 Å². The van der Waals surface area contributed by atoms with Crippen LogP contribution in [0.1, 0.15) is 0 Å². The molecule has 4 aromatic rings. The van der Waals surface area contributed by atoms with E-state index < -0.39 is 0 Å². The minimum atomic E-state index is 0.216. The highest BCUT2D eigenvalue weighted by Crippen LogP contribution is 2.27. The number of anilines is 4. The average Bonchev–Trinajstić information content (AvgIpc) is 2.87. The molecule has 166 valence electrons. The molecule has 10 nitrogen and oxygen atoms in total. The molecular weight excluding hydrogens is 420 g/mol. The summed E-state index contributed by atoms with van der Waals surface area (Å²) < 4.78 is 11.3. The van der Waals surface area contributed by atoms with Crippen molar-refractivity contribution in [3.8, 4) is 22.8 Å². The molecule has 1 saturated heterocycles. The maximum Gasteiger partial charge on any atom is 0.228 e. The average molecular weight is 442 g/mol. The third-order valence-electron chi connectivity index (χ3n) is 4.97. The zero-order valence-electron chi connectivity index (χ0n) is 17.8. The van der Waals surface area contributed by atoms with Crippen LogP contribution in [-0.4, -0.2) is 51.2 Å². The number of pyridine rings is 1. The topological polar surface area (TPSA) is 124 Å². The Morgan fingerprint density at radius 3 is 2.45 bits per heavy atom. The molecule has 0 radical (unpaired) electrons. The summed E-state index contributed by atoms with van der Waals surface area (Å²) >= 11 is 0. The van der Waals surface area contributed by atoms with Gasteiger partial charge in [-0.2, -0.15) is 4.98 Å². The number of nitrogens with two attached hydrogens (primary N) is 1. The molecule has 1 aliphatic heterocycles. The third-order valence-corrected chi connectivity index (χ3v) is 4.97. The lowest BCUT2D eigenvalue weighted by molar-refractivity contribution is 0.122. The Labute approximate surface area is 190 Å². The van der Waals surface area contributed by atoms with Crippen molar-refractivity contribution < 1.29 is 9.47 Å². The first-order valence-corrected chi connectivity index (χ1v) is 10.5. The summed E-state index contributed by atoms with van der Waals surface area (Å²) in [4.78, 5) is 23.8. The Morgan fingerprint density at radius 2 is 1.73 bits per heavy atom. The van der Waals surface area contributed by atoms with Crippen LogP contribution in [0.5, 0.6) is 11.5 Å². The van der Waals surface area contributed by atoms with Crippen molar-refractivity contribution in [2.45, 2.75) is 0 Å². The molecule has 0 aliphatic carbocycles. The Bertz CT molecular complexity index is 1200. The fourth-order valence-corrected chi connectivity index (χ4v) is 3.32. The second kappa shape index (κ2) is 9.45. The summed E-state index contributed by atoms with van der Waals surface area (Å²) in [6.07, 6.45) is 6.68. The predicted molar refractivity (Wildman–Crippen MR) is 125 cm³/mol. The molecule has 0 bridgehead atoms. The zero-order chi connectivity index (χ0) is 22.5. The van der Waals surface area contributed by atoms with E-state index in [0.29, 0.717) is 42.2 Å². The van der Waals surface area contributed by atoms with Crippen LogP contribution in [0.4, 0.5) is 23.4 Å². The van der Waals surface area contributed by atoms with Crippen molar-refractivity contribution >= 4 is 23.4 Å². The van der Waals surface area contributed by atoms with Crippen LogP contribution in [0.3, 0.4) is 0 Å². The lowest BCUT2D eigenvalue weighted by Gasteiger charge is -2.27. The molecule has 4 heterocycles. The number of rotatable bonds is 6. The number of nitrogens with zero attached hydrogens (tertiary/aromatic N) is 6. The van der Waals surface area contributed by atoms with E-state index in [1.807, 2.05) is 42.5 Å². The van der Waals surface area contributed by atoms with Crippen LogP contribution >= 0.6 is 0 Å². The molecule has 0 spiro atoms. The van der Waals surface area contributed by atoms with Crippen LogP contribution in [0.25, 0.3) is 11.3 Å². The van der Waals surface area contributed by atoms with E-state index in [-0.39, 0.29) is 5.95 Å². The monoisotopic (exact) mass is 442 g/mol. The molecule has 1 aliphatic rings. The Hall–Kier alpha value is -4.31. The van der Waals surface area contributed by atoms with E-state index in [0.717, 1.165) is 24.3 Å². The first-order chi connectivity index (χ1) is 16.2. The highest BCUT2D eigenvalue weighted by atomic mass is 16.5. The standard InChI is InChI=1S/C23H22N8O2/c24-22-26-13-16(14-27-22)20-12-21(30-23(29-20)31-8-10-32-11-9-31)28-17-3-5-18(6-4-17)33-19-2-1-7-25-15-19/h1-7,12-15H,8-11H2,(H2,24,26,27)(H,28,29,30). The van der Waals surface area contributed by atoms with Crippen LogP contribution in [0.2, 0.25) is 0 Å². The van der Waals surface area contributed by atoms with E-state index in [1.165, 1.54) is 0 Å². The molecule has 0 saturated carbocycles. The summed E-state index contributed by atoms with van der Waals surface area (Å²) in [5, 5.41) is 3.35. The van der Waals surface area contributed by atoms with E-state index in [9.17, 15) is 0 Å². The molecule has 33 heavy (non-hydrogen) atoms. The van der Waals surface area contributed by atoms with Crippen molar-refractivity contribution in [3.63, 3.8) is 0 Å². The van der Waals surface area contributed by atoms with Crippen LogP contribution < -0.4 is 20.7 Å². The van der Waals surface area contributed by atoms with E-state index in [4.69, 9.17) is 25.2 Å². The van der Waals surface area contributed by atoms with Gasteiger partial charge >= 0.3 is 0 Å². The van der Waals surface area contributed by atoms with Gasteiger partial charge in [-0.1, -0.05) is 0 Å². The number of ether oxygens (including phenoxy) is 2. The molecule has 0 unspecified atom stereocenters. The third kappa shape index (κ3) is 5.13. The number of nitrogen functional groups attached to an aromatic ring is 1. The van der Waals surface area contributed by atoms with Gasteiger partial charge in [-0.25, -0.2) is 15.0 Å². The van der Waals surface area contributed by atoms with Gasteiger partial charge < -0.3 is 25.4 Å². The van der Waals surface area contributed by atoms with Crippen molar-refractivity contribution in [3.05, 3.63) is 67.3 Å². The van der Waals surface area contributed by atoms with Gasteiger partial charge in [0.15, 0.2) is 0 Å². The van der Waals surface area contributed by atoms with Crippen molar-refractivity contribution in [1.82, 2.24) is 24.9 Å². The maximum atomic E-state index is 5.81. The zero-order valence-corrected chi connectivity index (χ0v) is 17.8. The summed E-state index contributed by atoms with van der Waals surface area (Å²) in [7, 11) is 0. The number of morpholine rings is 1. The van der Waals surface area contributed by atoms with Gasteiger partial charge in [0.1, 0.15) is 17.3 Å². The molecule has 0 amide bonds. The smallest absolute Gasteiger partial charge is 0.228 e. The second-order valence-corrected chi connectivity index (χ2v) is 7.31. The van der Waals surface area contributed by atoms with Gasteiger partial charge in [-0.15, -0.1) is 0 Å². The molecule has 5 rings (SSSR count). The lowest BCUT2D eigenvalue weighted by atomic mass is 10.2. The number of hydrogen-bond acceptors (Lipinski definition) is 10. The van der Waals surface area contributed by atoms with Gasteiger partial charge in [-0.05, 0) is 36.4 Å². The van der Waals surface area contributed by atoms with E-state index in [1.54, 1.807) is 24.8 Å². The Morgan fingerprint density at radius 1 is 0.939 bits per heavy atom. The molecule has 1 aromatic carbocycles. The van der Waals surface area contributed by atoms with Crippen LogP contribution in [0.15, 0.2) is 67.3 Å². The van der Waals surface area contributed by atoms with E-state index in [2.05, 4.69) is 25.2 Å². The van der Waals surface area contributed by atoms with Crippen LogP contribution in [0, 0.1) is 0 Å². The summed E-state index contributed by atoms with van der Waals surface area (Å²) in [6.45, 7) is 2.72. The first kappa shape index (κ1) is 20.6. The van der Waals surface area contributed by atoms with Gasteiger partial charge in [0.2, 0.25) is 11.9 Å². The summed E-state index contributed by atoms with van der Waals surface area (Å²) in [5.41, 5.74) is 7.96. The Balaban J connectivity index is 1.40. The first-order valence-electron chi connectivity index (χ1n) is 10.5. The molecule has 10 heteroatoms. The van der Waals surface area contributed by atoms with Gasteiger partial charge in [-0.3, -0.25) is 4.98 Å². The predicted octanol–water partition coefficient (Wildman–Crippen LogP) is 3.28. The van der Waals surface area contributed by atoms with Gasteiger partial charge in [0.25, 0.3) is 0 Å². The largest absolute Gasteiger partial charge is 0.456 e. The van der Waals surface area contributed by atoms with E-state index >= 15 is 0 Å². The molecular formula is C23H22N8O2. The molecule has 3 N–H and O–H groups in total. The fourth-order valence-electron chi connectivity index (χ4n) is 3.32. The molecule has 3 aromatic heterocycles. The number of nitrogens with one attached hydrogen (secondary N) is 1.